The number of rotatable bonds is 6. The molecule has 1 N–H and O–H groups in total. The Morgan fingerprint density at radius 3 is 3.16 bits per heavy atom. The van der Waals surface area contributed by atoms with Crippen LogP contribution in [0, 0.1) is 5.92 Å². The SMILES string of the molecule is CC(CBr)CCCNC(=O)c1cc2c(s1)CCSC2. The van der Waals surface area contributed by atoms with E-state index in [9.17, 15) is 4.79 Å². The number of alkyl halides is 1. The predicted molar refractivity (Wildman–Crippen MR) is 88.7 cm³/mol. The largest absolute Gasteiger partial charge is 0.351 e. The molecule has 1 aromatic rings. The van der Waals surface area contributed by atoms with Crippen molar-refractivity contribution in [3.05, 3.63) is 21.4 Å². The van der Waals surface area contributed by atoms with Crippen LogP contribution in [0.2, 0.25) is 0 Å². The monoisotopic (exact) mass is 361 g/mol. The zero-order chi connectivity index (χ0) is 13.7. The van der Waals surface area contributed by atoms with Crippen LogP contribution < -0.4 is 5.32 Å². The fourth-order valence-corrected chi connectivity index (χ4v) is 4.69. The molecule has 1 amide bonds. The van der Waals surface area contributed by atoms with E-state index in [0.717, 1.165) is 41.8 Å². The molecule has 106 valence electrons. The van der Waals surface area contributed by atoms with E-state index in [1.165, 1.54) is 16.2 Å². The van der Waals surface area contributed by atoms with Gasteiger partial charge in [0.1, 0.15) is 0 Å². The average molecular weight is 362 g/mol. The number of aryl methyl sites for hydroxylation is 1. The fourth-order valence-electron chi connectivity index (χ4n) is 2.08. The Bertz CT molecular complexity index is 410. The van der Waals surface area contributed by atoms with E-state index < -0.39 is 0 Å². The number of carbonyl (C=O) groups excluding carboxylic acids is 1. The molecule has 1 aromatic heterocycles. The van der Waals surface area contributed by atoms with Gasteiger partial charge in [0.2, 0.25) is 0 Å². The molecule has 0 fully saturated rings. The zero-order valence-electron chi connectivity index (χ0n) is 11.2. The maximum absolute atomic E-state index is 12.1. The zero-order valence-corrected chi connectivity index (χ0v) is 14.4. The molecule has 0 aliphatic carbocycles. The van der Waals surface area contributed by atoms with Gasteiger partial charge in [-0.1, -0.05) is 22.9 Å². The minimum Gasteiger partial charge on any atom is -0.351 e. The molecule has 1 aliphatic rings. The van der Waals surface area contributed by atoms with Crippen LogP contribution in [0.1, 0.15) is 39.9 Å². The number of halogens is 1. The van der Waals surface area contributed by atoms with Gasteiger partial charge in [0, 0.05) is 22.5 Å². The van der Waals surface area contributed by atoms with Crippen LogP contribution in [-0.2, 0) is 12.2 Å². The average Bonchev–Trinajstić information content (AvgIpc) is 2.87. The molecule has 0 bridgehead atoms. The number of hydrogen-bond donors (Lipinski definition) is 1. The van der Waals surface area contributed by atoms with Crippen LogP contribution in [0.4, 0.5) is 0 Å². The van der Waals surface area contributed by atoms with Gasteiger partial charge in [-0.15, -0.1) is 11.3 Å². The summed E-state index contributed by atoms with van der Waals surface area (Å²) in [6.45, 7) is 3.01. The minimum absolute atomic E-state index is 0.107. The number of thioether (sulfide) groups is 1. The van der Waals surface area contributed by atoms with Crippen molar-refractivity contribution >= 4 is 44.9 Å². The molecule has 1 aliphatic heterocycles. The summed E-state index contributed by atoms with van der Waals surface area (Å²) >= 11 is 7.12. The van der Waals surface area contributed by atoms with Gasteiger partial charge >= 0.3 is 0 Å². The lowest BCUT2D eigenvalue weighted by molar-refractivity contribution is 0.0956. The van der Waals surface area contributed by atoms with E-state index in [4.69, 9.17) is 0 Å². The van der Waals surface area contributed by atoms with E-state index >= 15 is 0 Å². The van der Waals surface area contributed by atoms with Crippen molar-refractivity contribution in [3.8, 4) is 0 Å². The van der Waals surface area contributed by atoms with Gasteiger partial charge in [0.25, 0.3) is 5.91 Å². The Morgan fingerprint density at radius 2 is 2.42 bits per heavy atom. The molecule has 0 saturated heterocycles. The van der Waals surface area contributed by atoms with Gasteiger partial charge in [-0.05, 0) is 42.6 Å². The molecule has 0 aromatic carbocycles. The standard InChI is InChI=1S/C14H20BrNOS2/c1-10(8-15)3-2-5-16-14(17)13-7-11-9-18-6-4-12(11)19-13/h7,10H,2-6,8-9H2,1H3,(H,16,17). The van der Waals surface area contributed by atoms with Crippen molar-refractivity contribution in [1.82, 2.24) is 5.32 Å². The first-order chi connectivity index (χ1) is 9.20. The van der Waals surface area contributed by atoms with Crippen molar-refractivity contribution in [3.63, 3.8) is 0 Å². The third-order valence-corrected chi connectivity index (χ3v) is 6.62. The van der Waals surface area contributed by atoms with Crippen LogP contribution >= 0.6 is 39.0 Å². The highest BCUT2D eigenvalue weighted by atomic mass is 79.9. The van der Waals surface area contributed by atoms with Crippen LogP contribution in [-0.4, -0.2) is 23.5 Å². The summed E-state index contributed by atoms with van der Waals surface area (Å²) in [5.74, 6) is 3.06. The molecule has 1 unspecified atom stereocenters. The summed E-state index contributed by atoms with van der Waals surface area (Å²) in [6, 6.07) is 2.09. The first kappa shape index (κ1) is 15.4. The fraction of sp³-hybridized carbons (Fsp3) is 0.643. The quantitative estimate of drug-likeness (QED) is 0.610. The number of carbonyl (C=O) groups is 1. The molecule has 2 nitrogen and oxygen atoms in total. The van der Waals surface area contributed by atoms with E-state index in [-0.39, 0.29) is 5.91 Å². The van der Waals surface area contributed by atoms with Crippen molar-refractivity contribution in [2.24, 2.45) is 5.92 Å². The maximum atomic E-state index is 12.1. The predicted octanol–water partition coefficient (Wildman–Crippen LogP) is 4.08. The lowest BCUT2D eigenvalue weighted by Gasteiger charge is -2.08. The topological polar surface area (TPSA) is 29.1 Å². The minimum atomic E-state index is 0.107. The van der Waals surface area contributed by atoms with Crippen molar-refractivity contribution in [2.75, 3.05) is 17.6 Å². The Hall–Kier alpha value is -0.000000000000000111. The highest BCUT2D eigenvalue weighted by Crippen LogP contribution is 2.31. The van der Waals surface area contributed by atoms with Crippen molar-refractivity contribution in [1.29, 1.82) is 0 Å². The number of thiophene rings is 1. The highest BCUT2D eigenvalue weighted by molar-refractivity contribution is 9.09. The second-order valence-electron chi connectivity index (χ2n) is 5.02. The van der Waals surface area contributed by atoms with Crippen molar-refractivity contribution in [2.45, 2.75) is 31.9 Å². The lowest BCUT2D eigenvalue weighted by Crippen LogP contribution is -2.23. The Kier molecular flexibility index (Phi) is 6.23. The first-order valence-electron chi connectivity index (χ1n) is 6.74. The highest BCUT2D eigenvalue weighted by Gasteiger charge is 2.17. The number of nitrogens with one attached hydrogen (secondary N) is 1. The summed E-state index contributed by atoms with van der Waals surface area (Å²) < 4.78 is 0. The van der Waals surface area contributed by atoms with Crippen molar-refractivity contribution < 1.29 is 4.79 Å². The van der Waals surface area contributed by atoms with E-state index in [0.29, 0.717) is 5.92 Å². The molecule has 19 heavy (non-hydrogen) atoms. The molecular formula is C14H20BrNOS2. The third kappa shape index (κ3) is 4.50. The Labute approximate surface area is 131 Å². The molecule has 5 heteroatoms. The summed E-state index contributed by atoms with van der Waals surface area (Å²) in [5, 5.41) is 4.07. The van der Waals surface area contributed by atoms with E-state index in [1.54, 1.807) is 11.3 Å². The van der Waals surface area contributed by atoms with Crippen LogP contribution in [0.3, 0.4) is 0 Å². The molecule has 2 heterocycles. The summed E-state index contributed by atoms with van der Waals surface area (Å²) in [5.41, 5.74) is 1.37. The van der Waals surface area contributed by atoms with Crippen LogP contribution in [0.25, 0.3) is 0 Å². The van der Waals surface area contributed by atoms with Gasteiger partial charge in [0.15, 0.2) is 0 Å². The van der Waals surface area contributed by atoms with E-state index in [1.807, 2.05) is 11.8 Å². The Balaban J connectivity index is 1.78. The van der Waals surface area contributed by atoms with Gasteiger partial charge in [0.05, 0.1) is 4.88 Å². The third-order valence-electron chi connectivity index (χ3n) is 3.27. The van der Waals surface area contributed by atoms with Crippen LogP contribution in [0.15, 0.2) is 6.07 Å². The lowest BCUT2D eigenvalue weighted by atomic mass is 10.1. The molecule has 1 atom stereocenters. The van der Waals surface area contributed by atoms with Gasteiger partial charge in [-0.3, -0.25) is 4.79 Å². The maximum Gasteiger partial charge on any atom is 0.261 e. The molecular weight excluding hydrogens is 342 g/mol. The molecule has 2 rings (SSSR count). The Morgan fingerprint density at radius 1 is 1.58 bits per heavy atom. The second-order valence-corrected chi connectivity index (χ2v) is 7.91. The smallest absolute Gasteiger partial charge is 0.261 e. The molecule has 0 radical (unpaired) electrons. The summed E-state index contributed by atoms with van der Waals surface area (Å²) in [6.07, 6.45) is 3.34. The van der Waals surface area contributed by atoms with Gasteiger partial charge in [-0.25, -0.2) is 0 Å². The number of hydrogen-bond acceptors (Lipinski definition) is 3. The first-order valence-corrected chi connectivity index (χ1v) is 9.83. The van der Waals surface area contributed by atoms with E-state index in [2.05, 4.69) is 34.2 Å². The number of amides is 1. The summed E-state index contributed by atoms with van der Waals surface area (Å²) in [7, 11) is 0. The molecule has 0 saturated carbocycles. The normalized spacial score (nSPS) is 15.9. The summed E-state index contributed by atoms with van der Waals surface area (Å²) in [4.78, 5) is 14.4. The second kappa shape index (κ2) is 7.70. The molecule has 0 spiro atoms. The van der Waals surface area contributed by atoms with Gasteiger partial charge in [-0.2, -0.15) is 11.8 Å². The number of fused-ring (bicyclic) bond motifs is 1. The van der Waals surface area contributed by atoms with Gasteiger partial charge < -0.3 is 5.32 Å². The van der Waals surface area contributed by atoms with Crippen LogP contribution in [0.5, 0.6) is 0 Å².